The molecule has 0 aliphatic heterocycles. The van der Waals surface area contributed by atoms with Crippen LogP contribution in [0.4, 0.5) is 4.39 Å². The third-order valence-electron chi connectivity index (χ3n) is 3.43. The Morgan fingerprint density at radius 3 is 2.56 bits per heavy atom. The Hall–Kier alpha value is -2.15. The van der Waals surface area contributed by atoms with Crippen LogP contribution in [0.25, 0.3) is 0 Å². The molecule has 0 bridgehead atoms. The number of benzene rings is 1. The molecule has 2 rings (SSSR count). The molecule has 0 aliphatic rings. The molecule has 25 heavy (non-hydrogen) atoms. The van der Waals surface area contributed by atoms with Crippen molar-refractivity contribution in [1.82, 2.24) is 15.6 Å². The second kappa shape index (κ2) is 9.36. The van der Waals surface area contributed by atoms with Gasteiger partial charge in [-0.1, -0.05) is 13.8 Å². The molecule has 1 aromatic heterocycles. The first-order chi connectivity index (χ1) is 12.0. The predicted molar refractivity (Wildman–Crippen MR) is 101 cm³/mol. The first kappa shape index (κ1) is 19.2. The second-order valence-electron chi connectivity index (χ2n) is 6.02. The van der Waals surface area contributed by atoms with Crippen molar-refractivity contribution in [3.63, 3.8) is 0 Å². The van der Waals surface area contributed by atoms with Crippen molar-refractivity contribution in [1.29, 1.82) is 0 Å². The molecule has 0 fully saturated rings. The van der Waals surface area contributed by atoms with Gasteiger partial charge in [0.05, 0.1) is 23.8 Å². The van der Waals surface area contributed by atoms with Gasteiger partial charge in [0.2, 0.25) is 0 Å². The number of rotatable bonds is 7. The molecular weight excluding hydrogens is 339 g/mol. The maximum absolute atomic E-state index is 12.9. The second-order valence-corrected chi connectivity index (χ2v) is 6.91. The fraction of sp³-hybridized carbons (Fsp3) is 0.444. The van der Waals surface area contributed by atoms with Crippen molar-refractivity contribution in [2.24, 2.45) is 4.99 Å². The molecule has 5 nitrogen and oxygen atoms in total. The minimum Gasteiger partial charge on any atom is -0.489 e. The normalized spacial score (nSPS) is 13.0. The fourth-order valence-corrected chi connectivity index (χ4v) is 2.93. The van der Waals surface area contributed by atoms with E-state index in [1.807, 2.05) is 6.92 Å². The number of hydrogen-bond acceptors (Lipinski definition) is 4. The zero-order valence-electron chi connectivity index (χ0n) is 15.0. The Morgan fingerprint density at radius 2 is 1.96 bits per heavy atom. The lowest BCUT2D eigenvalue weighted by molar-refractivity contribution is 0.223. The van der Waals surface area contributed by atoms with Gasteiger partial charge in [0.25, 0.3) is 0 Å². The number of guanidine groups is 1. The molecule has 1 heterocycles. The van der Waals surface area contributed by atoms with Gasteiger partial charge in [-0.25, -0.2) is 9.37 Å². The summed E-state index contributed by atoms with van der Waals surface area (Å²) in [6.07, 6.45) is -0.0872. The highest BCUT2D eigenvalue weighted by Crippen LogP contribution is 2.18. The molecular formula is C18H25FN4OS. The number of halogens is 1. The fourth-order valence-electron chi connectivity index (χ4n) is 2.09. The topological polar surface area (TPSA) is 58.5 Å². The van der Waals surface area contributed by atoms with E-state index < -0.39 is 0 Å². The van der Waals surface area contributed by atoms with Gasteiger partial charge >= 0.3 is 0 Å². The van der Waals surface area contributed by atoms with E-state index in [-0.39, 0.29) is 11.9 Å². The highest BCUT2D eigenvalue weighted by atomic mass is 32.1. The lowest BCUT2D eigenvalue weighted by Gasteiger charge is -2.17. The Labute approximate surface area is 152 Å². The van der Waals surface area contributed by atoms with Crippen LogP contribution in [0, 0.1) is 5.82 Å². The summed E-state index contributed by atoms with van der Waals surface area (Å²) in [6.45, 7) is 7.42. The van der Waals surface area contributed by atoms with Crippen molar-refractivity contribution in [3.8, 4) is 5.75 Å². The molecule has 2 aromatic rings. The van der Waals surface area contributed by atoms with E-state index in [1.54, 1.807) is 30.5 Å². The van der Waals surface area contributed by atoms with Gasteiger partial charge in [-0.3, -0.25) is 4.99 Å². The van der Waals surface area contributed by atoms with E-state index in [4.69, 9.17) is 4.74 Å². The van der Waals surface area contributed by atoms with E-state index in [2.05, 4.69) is 39.8 Å². The van der Waals surface area contributed by atoms with Crippen LogP contribution in [0.5, 0.6) is 5.75 Å². The molecule has 0 aliphatic carbocycles. The van der Waals surface area contributed by atoms with Crippen molar-refractivity contribution in [2.75, 3.05) is 13.6 Å². The van der Waals surface area contributed by atoms with Crippen LogP contribution in [0.15, 0.2) is 34.6 Å². The van der Waals surface area contributed by atoms with Gasteiger partial charge in [0.15, 0.2) is 5.96 Å². The Bertz CT molecular complexity index is 685. The minimum atomic E-state index is -0.273. The molecule has 1 unspecified atom stereocenters. The van der Waals surface area contributed by atoms with Gasteiger partial charge < -0.3 is 15.4 Å². The summed E-state index contributed by atoms with van der Waals surface area (Å²) < 4.78 is 18.6. The molecule has 2 N–H and O–H groups in total. The molecule has 1 aromatic carbocycles. The van der Waals surface area contributed by atoms with Gasteiger partial charge in [-0.2, -0.15) is 0 Å². The summed E-state index contributed by atoms with van der Waals surface area (Å²) in [5, 5.41) is 9.66. The Balaban J connectivity index is 1.76. The molecule has 0 radical (unpaired) electrons. The number of nitrogens with zero attached hydrogens (tertiary/aromatic N) is 2. The zero-order chi connectivity index (χ0) is 18.2. The molecule has 0 spiro atoms. The molecule has 0 amide bonds. The van der Waals surface area contributed by atoms with Crippen molar-refractivity contribution in [3.05, 3.63) is 46.2 Å². The highest BCUT2D eigenvalue weighted by molar-refractivity contribution is 7.09. The van der Waals surface area contributed by atoms with Crippen molar-refractivity contribution in [2.45, 2.75) is 39.3 Å². The predicted octanol–water partition coefficient (Wildman–Crippen LogP) is 3.54. The lowest BCUT2D eigenvalue weighted by Crippen LogP contribution is -2.41. The number of ether oxygens (including phenoxy) is 1. The summed E-state index contributed by atoms with van der Waals surface area (Å²) in [7, 11) is 1.72. The van der Waals surface area contributed by atoms with E-state index in [9.17, 15) is 4.39 Å². The minimum absolute atomic E-state index is 0.0872. The van der Waals surface area contributed by atoms with Crippen LogP contribution >= 0.6 is 11.3 Å². The largest absolute Gasteiger partial charge is 0.489 e. The summed E-state index contributed by atoms with van der Waals surface area (Å²) >= 11 is 1.68. The first-order valence-electron chi connectivity index (χ1n) is 8.29. The lowest BCUT2D eigenvalue weighted by atomic mass is 10.2. The summed E-state index contributed by atoms with van der Waals surface area (Å²) in [5.41, 5.74) is 1.01. The average molecular weight is 364 g/mol. The van der Waals surface area contributed by atoms with E-state index in [0.717, 1.165) is 10.7 Å². The maximum atomic E-state index is 12.9. The highest BCUT2D eigenvalue weighted by Gasteiger charge is 2.08. The van der Waals surface area contributed by atoms with Gasteiger partial charge in [-0.05, 0) is 31.2 Å². The van der Waals surface area contributed by atoms with Crippen LogP contribution < -0.4 is 15.4 Å². The summed E-state index contributed by atoms with van der Waals surface area (Å²) in [4.78, 5) is 8.79. The van der Waals surface area contributed by atoms with Gasteiger partial charge in [0, 0.05) is 18.3 Å². The molecule has 136 valence electrons. The third-order valence-corrected chi connectivity index (χ3v) is 4.63. The van der Waals surface area contributed by atoms with Gasteiger partial charge in [0.1, 0.15) is 17.7 Å². The van der Waals surface area contributed by atoms with Crippen LogP contribution in [0.3, 0.4) is 0 Å². The number of thiazole rings is 1. The number of aromatic nitrogens is 1. The molecule has 0 saturated heterocycles. The Kier molecular flexibility index (Phi) is 7.18. The third kappa shape index (κ3) is 6.34. The van der Waals surface area contributed by atoms with Gasteiger partial charge in [-0.15, -0.1) is 11.3 Å². The maximum Gasteiger partial charge on any atom is 0.191 e. The van der Waals surface area contributed by atoms with Crippen LogP contribution in [-0.4, -0.2) is 30.6 Å². The number of aliphatic imine (C=N–C) groups is 1. The van der Waals surface area contributed by atoms with Crippen molar-refractivity contribution >= 4 is 17.3 Å². The van der Waals surface area contributed by atoms with Crippen LogP contribution in [0.2, 0.25) is 0 Å². The monoisotopic (exact) mass is 364 g/mol. The van der Waals surface area contributed by atoms with Crippen LogP contribution in [-0.2, 0) is 6.54 Å². The van der Waals surface area contributed by atoms with E-state index in [1.165, 1.54) is 12.1 Å². The summed E-state index contributed by atoms with van der Waals surface area (Å²) in [6, 6.07) is 6.01. The van der Waals surface area contributed by atoms with Crippen molar-refractivity contribution < 1.29 is 9.13 Å². The number of nitrogens with one attached hydrogen (secondary N) is 2. The standard InChI is InChI=1S/C18H25FN4OS/c1-12(2)17-23-15(11-25-17)10-22-18(20-4)21-9-13(3)24-16-7-5-14(19)6-8-16/h5-8,11-13H,9-10H2,1-4H3,(H2,20,21,22). The average Bonchev–Trinajstić information content (AvgIpc) is 3.06. The SMILES string of the molecule is CN=C(NCc1csc(C(C)C)n1)NCC(C)Oc1ccc(F)cc1. The smallest absolute Gasteiger partial charge is 0.191 e. The molecule has 1 atom stereocenters. The van der Waals surface area contributed by atoms with Crippen LogP contribution in [0.1, 0.15) is 37.4 Å². The number of hydrogen-bond donors (Lipinski definition) is 2. The molecule has 0 saturated carbocycles. The summed E-state index contributed by atoms with van der Waals surface area (Å²) in [5.74, 6) is 1.50. The molecule has 7 heteroatoms. The Morgan fingerprint density at radius 1 is 1.24 bits per heavy atom. The zero-order valence-corrected chi connectivity index (χ0v) is 15.9. The quantitative estimate of drug-likeness (QED) is 0.583. The van der Waals surface area contributed by atoms with E-state index in [0.29, 0.717) is 30.7 Å². The van der Waals surface area contributed by atoms with E-state index >= 15 is 0 Å². The first-order valence-corrected chi connectivity index (χ1v) is 9.17.